The van der Waals surface area contributed by atoms with E-state index in [2.05, 4.69) is 10.6 Å². The van der Waals surface area contributed by atoms with Crippen molar-refractivity contribution in [2.24, 2.45) is 0 Å². The maximum atomic E-state index is 13.6. The number of hydrogen-bond acceptors (Lipinski definition) is 3. The van der Waals surface area contributed by atoms with Gasteiger partial charge < -0.3 is 20.5 Å². The zero-order valence-corrected chi connectivity index (χ0v) is 13.0. The van der Waals surface area contributed by atoms with Crippen LogP contribution in [-0.4, -0.2) is 36.9 Å². The first-order valence-corrected chi connectivity index (χ1v) is 7.72. The number of rotatable bonds is 5. The second kappa shape index (κ2) is 8.21. The summed E-state index contributed by atoms with van der Waals surface area (Å²) in [6.07, 6.45) is 2.27. The SMILES string of the molecule is COC1CCCCC1NC(=O)NCC(O)c1c(F)cccc1F. The second-order valence-corrected chi connectivity index (χ2v) is 5.67. The molecule has 1 aromatic rings. The number of carbonyl (C=O) groups excluding carboxylic acids is 1. The van der Waals surface area contributed by atoms with Gasteiger partial charge in [-0.05, 0) is 25.0 Å². The van der Waals surface area contributed by atoms with Gasteiger partial charge in [-0.1, -0.05) is 18.9 Å². The van der Waals surface area contributed by atoms with Crippen molar-refractivity contribution in [2.75, 3.05) is 13.7 Å². The molecule has 0 spiro atoms. The lowest BCUT2D eigenvalue weighted by Gasteiger charge is -2.31. The molecule has 3 atom stereocenters. The molecular formula is C16H22F2N2O3. The molecule has 0 aromatic heterocycles. The zero-order chi connectivity index (χ0) is 16.8. The van der Waals surface area contributed by atoms with E-state index in [-0.39, 0.29) is 18.7 Å². The Labute approximate surface area is 134 Å². The first-order chi connectivity index (χ1) is 11.0. The molecule has 0 bridgehead atoms. The van der Waals surface area contributed by atoms with E-state index >= 15 is 0 Å². The number of carbonyl (C=O) groups is 1. The molecule has 2 rings (SSSR count). The van der Waals surface area contributed by atoms with Crippen molar-refractivity contribution in [3.05, 3.63) is 35.4 Å². The van der Waals surface area contributed by atoms with E-state index in [9.17, 15) is 18.7 Å². The summed E-state index contributed by atoms with van der Waals surface area (Å²) < 4.78 is 32.4. The Kier molecular flexibility index (Phi) is 6.29. The average molecular weight is 328 g/mol. The molecule has 3 unspecified atom stereocenters. The van der Waals surface area contributed by atoms with Crippen LogP contribution in [0.1, 0.15) is 37.4 Å². The fourth-order valence-corrected chi connectivity index (χ4v) is 2.88. The maximum absolute atomic E-state index is 13.6. The van der Waals surface area contributed by atoms with Crippen molar-refractivity contribution < 1.29 is 23.4 Å². The normalized spacial score (nSPS) is 22.4. The van der Waals surface area contributed by atoms with Gasteiger partial charge in [0, 0.05) is 13.7 Å². The molecule has 1 aliphatic rings. The van der Waals surface area contributed by atoms with Crippen LogP contribution >= 0.6 is 0 Å². The van der Waals surface area contributed by atoms with Crippen LogP contribution in [0.5, 0.6) is 0 Å². The average Bonchev–Trinajstić information content (AvgIpc) is 2.53. The predicted octanol–water partition coefficient (Wildman–Crippen LogP) is 2.25. The van der Waals surface area contributed by atoms with E-state index < -0.39 is 29.3 Å². The third-order valence-corrected chi connectivity index (χ3v) is 4.11. The molecule has 7 heteroatoms. The number of aliphatic hydroxyl groups is 1. The number of aliphatic hydroxyl groups excluding tert-OH is 1. The highest BCUT2D eigenvalue weighted by Gasteiger charge is 2.26. The van der Waals surface area contributed by atoms with Crippen molar-refractivity contribution in [1.82, 2.24) is 10.6 Å². The number of amides is 2. The van der Waals surface area contributed by atoms with Gasteiger partial charge >= 0.3 is 6.03 Å². The lowest BCUT2D eigenvalue weighted by Crippen LogP contribution is -2.50. The number of ether oxygens (including phenoxy) is 1. The summed E-state index contributed by atoms with van der Waals surface area (Å²) in [5.41, 5.74) is -0.444. The quantitative estimate of drug-likeness (QED) is 0.776. The lowest BCUT2D eigenvalue weighted by atomic mass is 9.92. The Morgan fingerprint density at radius 1 is 1.35 bits per heavy atom. The standard InChI is InChI=1S/C16H22F2N2O3/c1-23-14-8-3-2-7-12(14)20-16(22)19-9-13(21)15-10(17)5-4-6-11(15)18/h4-6,12-14,21H,2-3,7-9H2,1H3,(H2,19,20,22). The maximum Gasteiger partial charge on any atom is 0.315 e. The van der Waals surface area contributed by atoms with Gasteiger partial charge in [0.2, 0.25) is 0 Å². The summed E-state index contributed by atoms with van der Waals surface area (Å²) in [6.45, 7) is -0.284. The molecule has 1 saturated carbocycles. The molecular weight excluding hydrogens is 306 g/mol. The molecule has 0 saturated heterocycles. The molecule has 3 N–H and O–H groups in total. The van der Waals surface area contributed by atoms with Crippen LogP contribution in [0.4, 0.5) is 13.6 Å². The fraction of sp³-hybridized carbons (Fsp3) is 0.562. The Bertz CT molecular complexity index is 522. The summed E-state index contributed by atoms with van der Waals surface area (Å²) >= 11 is 0. The zero-order valence-electron chi connectivity index (χ0n) is 13.0. The number of halogens is 2. The van der Waals surface area contributed by atoms with Crippen molar-refractivity contribution in [3.63, 3.8) is 0 Å². The van der Waals surface area contributed by atoms with E-state index in [1.807, 2.05) is 0 Å². The second-order valence-electron chi connectivity index (χ2n) is 5.67. The molecule has 2 amide bonds. The monoisotopic (exact) mass is 328 g/mol. The molecule has 5 nitrogen and oxygen atoms in total. The molecule has 1 fully saturated rings. The molecule has 0 heterocycles. The summed E-state index contributed by atoms with van der Waals surface area (Å²) in [6, 6.07) is 2.75. The largest absolute Gasteiger partial charge is 0.386 e. The van der Waals surface area contributed by atoms with Gasteiger partial charge in [0.15, 0.2) is 0 Å². The molecule has 1 aromatic carbocycles. The summed E-state index contributed by atoms with van der Waals surface area (Å²) in [5.74, 6) is -1.68. The van der Waals surface area contributed by atoms with Crippen LogP contribution in [-0.2, 0) is 4.74 Å². The minimum atomic E-state index is -1.45. The van der Waals surface area contributed by atoms with Crippen molar-refractivity contribution >= 4 is 6.03 Å². The number of hydrogen-bond donors (Lipinski definition) is 3. The Morgan fingerprint density at radius 3 is 2.65 bits per heavy atom. The van der Waals surface area contributed by atoms with E-state index in [0.717, 1.165) is 37.8 Å². The molecule has 0 aliphatic heterocycles. The van der Waals surface area contributed by atoms with Gasteiger partial charge in [0.1, 0.15) is 17.7 Å². The van der Waals surface area contributed by atoms with Gasteiger partial charge in [-0.2, -0.15) is 0 Å². The van der Waals surface area contributed by atoms with Gasteiger partial charge in [0.05, 0.1) is 17.7 Å². The van der Waals surface area contributed by atoms with Crippen molar-refractivity contribution in [2.45, 2.75) is 43.9 Å². The lowest BCUT2D eigenvalue weighted by molar-refractivity contribution is 0.0450. The van der Waals surface area contributed by atoms with Crippen molar-refractivity contribution in [1.29, 1.82) is 0 Å². The minimum absolute atomic E-state index is 0.0385. The van der Waals surface area contributed by atoms with Crippen LogP contribution in [0, 0.1) is 11.6 Å². The van der Waals surface area contributed by atoms with Crippen LogP contribution in [0.25, 0.3) is 0 Å². The summed E-state index contributed by atoms with van der Waals surface area (Å²) in [7, 11) is 1.60. The Hall–Kier alpha value is -1.73. The highest BCUT2D eigenvalue weighted by Crippen LogP contribution is 2.21. The van der Waals surface area contributed by atoms with Crippen LogP contribution in [0.3, 0.4) is 0 Å². The summed E-state index contributed by atoms with van der Waals surface area (Å²) in [4.78, 5) is 11.9. The van der Waals surface area contributed by atoms with E-state index in [1.54, 1.807) is 7.11 Å². The van der Waals surface area contributed by atoms with Crippen molar-refractivity contribution in [3.8, 4) is 0 Å². The van der Waals surface area contributed by atoms with Gasteiger partial charge in [-0.25, -0.2) is 13.6 Å². The number of methoxy groups -OCH3 is 1. The Morgan fingerprint density at radius 2 is 2.00 bits per heavy atom. The van der Waals surface area contributed by atoms with E-state index in [4.69, 9.17) is 4.74 Å². The Balaban J connectivity index is 1.86. The highest BCUT2D eigenvalue weighted by molar-refractivity contribution is 5.74. The topological polar surface area (TPSA) is 70.6 Å². The number of benzene rings is 1. The van der Waals surface area contributed by atoms with Gasteiger partial charge in [-0.3, -0.25) is 0 Å². The molecule has 23 heavy (non-hydrogen) atoms. The van der Waals surface area contributed by atoms with Gasteiger partial charge in [0.25, 0.3) is 0 Å². The van der Waals surface area contributed by atoms with Crippen LogP contribution < -0.4 is 10.6 Å². The minimum Gasteiger partial charge on any atom is -0.386 e. The highest BCUT2D eigenvalue weighted by atomic mass is 19.1. The number of nitrogens with one attached hydrogen (secondary N) is 2. The first kappa shape index (κ1) is 17.6. The van der Waals surface area contributed by atoms with Crippen LogP contribution in [0.15, 0.2) is 18.2 Å². The van der Waals surface area contributed by atoms with Gasteiger partial charge in [-0.15, -0.1) is 0 Å². The molecule has 1 aliphatic carbocycles. The third-order valence-electron chi connectivity index (χ3n) is 4.11. The van der Waals surface area contributed by atoms with Crippen LogP contribution in [0.2, 0.25) is 0 Å². The number of urea groups is 1. The molecule has 128 valence electrons. The smallest absolute Gasteiger partial charge is 0.315 e. The predicted molar refractivity (Wildman–Crippen MR) is 80.9 cm³/mol. The van der Waals surface area contributed by atoms with E-state index in [1.165, 1.54) is 6.07 Å². The third kappa shape index (κ3) is 4.62. The first-order valence-electron chi connectivity index (χ1n) is 7.72. The molecule has 0 radical (unpaired) electrons. The van der Waals surface area contributed by atoms with E-state index in [0.29, 0.717) is 0 Å². The fourth-order valence-electron chi connectivity index (χ4n) is 2.88. The summed E-state index contributed by atoms with van der Waals surface area (Å²) in [5, 5.41) is 15.1.